The zero-order valence-electron chi connectivity index (χ0n) is 2.69. The van der Waals surface area contributed by atoms with Crippen LogP contribution < -0.4 is 5.00 Å². The predicted octanol–water partition coefficient (Wildman–Crippen LogP) is 0.223. The van der Waals surface area contributed by atoms with Crippen molar-refractivity contribution in [2.45, 2.75) is 0 Å². The van der Waals surface area contributed by atoms with Crippen LogP contribution >= 0.6 is 11.8 Å². The summed E-state index contributed by atoms with van der Waals surface area (Å²) in [4.78, 5) is 9.56. The van der Waals surface area contributed by atoms with Crippen LogP contribution in [-0.4, -0.2) is 7.11 Å². The van der Waals surface area contributed by atoms with Gasteiger partial charge >= 0.3 is 0 Å². The highest BCUT2D eigenvalue weighted by Gasteiger charge is 1.63. The number of halogens is 1. The molecule has 0 amide bonds. The van der Waals surface area contributed by atoms with E-state index >= 15 is 0 Å². The summed E-state index contributed by atoms with van der Waals surface area (Å²) in [5.41, 5.74) is 0. The second-order valence-corrected chi connectivity index (χ2v) is 0.481. The summed E-state index contributed by atoms with van der Waals surface area (Å²) >= 11 is 4.70. The Morgan fingerprint density at radius 3 is 2.40 bits per heavy atom. The van der Waals surface area contributed by atoms with E-state index in [1.807, 2.05) is 0 Å². The molecule has 0 aliphatic rings. The van der Waals surface area contributed by atoms with E-state index in [9.17, 15) is 0 Å². The van der Waals surface area contributed by atoms with Gasteiger partial charge in [0.2, 0.25) is 0 Å². The molecule has 3 nitrogen and oxygen atoms in total. The van der Waals surface area contributed by atoms with Crippen LogP contribution in [0.25, 0.3) is 0 Å². The molecule has 0 fully saturated rings. The lowest BCUT2D eigenvalue weighted by Crippen LogP contribution is -1.96. The molecule has 5 heavy (non-hydrogen) atoms. The summed E-state index contributed by atoms with van der Waals surface area (Å²) in [7, 11) is 1.34. The van der Waals surface area contributed by atoms with Gasteiger partial charge < -0.3 is 0 Å². The van der Waals surface area contributed by atoms with Gasteiger partial charge in [-0.1, -0.05) is 5.00 Å². The molecule has 0 atom stereocenters. The minimum Gasteiger partial charge on any atom is -0.220 e. The Labute approximate surface area is 34.8 Å². The van der Waals surface area contributed by atoms with E-state index in [1.54, 1.807) is 5.00 Å². The van der Waals surface area contributed by atoms with Crippen LogP contribution in [0.3, 0.4) is 0 Å². The second kappa shape index (κ2) is 4.17. The lowest BCUT2D eigenvalue weighted by molar-refractivity contribution is -0.296. The fourth-order valence-corrected chi connectivity index (χ4v) is 0.0945. The van der Waals surface area contributed by atoms with Crippen molar-refractivity contribution in [3.05, 3.63) is 0 Å². The summed E-state index contributed by atoms with van der Waals surface area (Å²) < 4.78 is 0. The minimum atomic E-state index is 1.34. The van der Waals surface area contributed by atoms with E-state index in [2.05, 4.69) is 9.88 Å². The summed E-state index contributed by atoms with van der Waals surface area (Å²) in [6.45, 7) is 0. The quantitative estimate of drug-likeness (QED) is 0.304. The fourth-order valence-electron chi connectivity index (χ4n) is 0.0315. The third kappa shape index (κ3) is 4.17. The predicted molar refractivity (Wildman–Crippen MR) is 17.1 cm³/mol. The van der Waals surface area contributed by atoms with Crippen molar-refractivity contribution in [2.24, 2.45) is 0 Å². The minimum absolute atomic E-state index is 1.34. The van der Waals surface area contributed by atoms with E-state index in [4.69, 9.17) is 11.8 Å². The van der Waals surface area contributed by atoms with Crippen molar-refractivity contribution < 1.29 is 9.88 Å². The van der Waals surface area contributed by atoms with E-state index < -0.39 is 0 Å². The molecule has 0 aliphatic heterocycles. The van der Waals surface area contributed by atoms with E-state index in [0.717, 1.165) is 0 Å². The van der Waals surface area contributed by atoms with Gasteiger partial charge in [-0.05, 0) is 0 Å². The zero-order chi connectivity index (χ0) is 4.12. The maximum absolute atomic E-state index is 4.70. The lowest BCUT2D eigenvalue weighted by Gasteiger charge is -1.85. The zero-order valence-corrected chi connectivity index (χ0v) is 3.45. The van der Waals surface area contributed by atoms with Gasteiger partial charge in [-0.3, -0.25) is 0 Å². The van der Waals surface area contributed by atoms with Crippen LogP contribution in [-0.2, 0) is 9.88 Å². The molecule has 0 aromatic heterocycles. The van der Waals surface area contributed by atoms with Crippen molar-refractivity contribution in [3.8, 4) is 0 Å². The molecule has 1 N–H and O–H groups in total. The van der Waals surface area contributed by atoms with Gasteiger partial charge in [-0.25, -0.2) is 4.89 Å². The molecule has 0 rings (SSSR count). The van der Waals surface area contributed by atoms with Crippen LogP contribution in [0.2, 0.25) is 0 Å². The molecule has 0 saturated heterocycles. The largest absolute Gasteiger partial charge is 0.220 e. The Hall–Kier alpha value is 0.170. The van der Waals surface area contributed by atoms with Crippen molar-refractivity contribution >= 4 is 11.8 Å². The Morgan fingerprint density at radius 2 is 2.40 bits per heavy atom. The standard InChI is InChI=1S/CH4ClNO2/c1-4-5-3-2/h3H,1H3. The maximum atomic E-state index is 4.70. The molecule has 4 heteroatoms. The molecular weight excluding hydrogens is 93.5 g/mol. The summed E-state index contributed by atoms with van der Waals surface area (Å²) in [6.07, 6.45) is 0. The molecule has 0 bridgehead atoms. The third-order valence-electron chi connectivity index (χ3n) is 0.115. The summed E-state index contributed by atoms with van der Waals surface area (Å²) in [5, 5.41) is 0. The first-order valence-corrected chi connectivity index (χ1v) is 1.35. The molecule has 0 aliphatic carbocycles. The Balaban J connectivity index is 2.19. The fraction of sp³-hybridized carbons (Fsp3) is 1.00. The molecule has 0 spiro atoms. The number of hydrogen-bond donors (Lipinski definition) is 1. The van der Waals surface area contributed by atoms with Crippen LogP contribution in [0.5, 0.6) is 0 Å². The summed E-state index contributed by atoms with van der Waals surface area (Å²) in [5.74, 6) is 0. The van der Waals surface area contributed by atoms with Crippen molar-refractivity contribution in [2.75, 3.05) is 7.11 Å². The normalized spacial score (nSPS) is 8.40. The number of nitrogens with one attached hydrogen (secondary N) is 1. The van der Waals surface area contributed by atoms with E-state index in [1.165, 1.54) is 7.11 Å². The van der Waals surface area contributed by atoms with Gasteiger partial charge in [-0.2, -0.15) is 0 Å². The first-order valence-electron chi connectivity index (χ1n) is 0.968. The van der Waals surface area contributed by atoms with Gasteiger partial charge in [0.05, 0.1) is 7.11 Å². The van der Waals surface area contributed by atoms with Crippen molar-refractivity contribution in [1.29, 1.82) is 0 Å². The topological polar surface area (TPSA) is 30.5 Å². The average Bonchev–Trinajstić information content (AvgIpc) is 1.41. The van der Waals surface area contributed by atoms with Crippen LogP contribution in [0.15, 0.2) is 0 Å². The number of hydrogen-bond acceptors (Lipinski definition) is 3. The molecular formula is CH4ClNO2. The molecule has 0 saturated carbocycles. The van der Waals surface area contributed by atoms with Gasteiger partial charge in [0.15, 0.2) is 0 Å². The number of rotatable bonds is 2. The Bertz CT molecular complexity index is 17.1. The first kappa shape index (κ1) is 5.17. The molecule has 32 valence electrons. The highest BCUT2D eigenvalue weighted by atomic mass is 35.5. The van der Waals surface area contributed by atoms with Gasteiger partial charge in [0, 0.05) is 11.8 Å². The maximum Gasteiger partial charge on any atom is 0.0733 e. The molecule has 0 aromatic rings. The van der Waals surface area contributed by atoms with Crippen molar-refractivity contribution in [1.82, 2.24) is 5.00 Å². The van der Waals surface area contributed by atoms with Gasteiger partial charge in [-0.15, -0.1) is 4.99 Å². The smallest absolute Gasteiger partial charge is 0.0733 e. The molecule has 0 unspecified atom stereocenters. The van der Waals surface area contributed by atoms with Crippen LogP contribution in [0.1, 0.15) is 0 Å². The molecule has 0 aromatic carbocycles. The monoisotopic (exact) mass is 97.0 g/mol. The SMILES string of the molecule is COONCl. The Morgan fingerprint density at radius 1 is 1.80 bits per heavy atom. The average molecular weight is 97.5 g/mol. The Kier molecular flexibility index (Phi) is 4.31. The van der Waals surface area contributed by atoms with Gasteiger partial charge in [0.1, 0.15) is 0 Å². The highest BCUT2D eigenvalue weighted by Crippen LogP contribution is 1.62. The summed E-state index contributed by atoms with van der Waals surface area (Å²) in [6, 6.07) is 0. The first-order chi connectivity index (χ1) is 2.41. The van der Waals surface area contributed by atoms with E-state index in [0.29, 0.717) is 0 Å². The van der Waals surface area contributed by atoms with Crippen LogP contribution in [0, 0.1) is 0 Å². The third-order valence-corrected chi connectivity index (χ3v) is 0.178. The van der Waals surface area contributed by atoms with Gasteiger partial charge in [0.25, 0.3) is 0 Å². The van der Waals surface area contributed by atoms with Crippen LogP contribution in [0.4, 0.5) is 0 Å². The second-order valence-electron chi connectivity index (χ2n) is 0.327. The van der Waals surface area contributed by atoms with Crippen molar-refractivity contribution in [3.63, 3.8) is 0 Å². The van der Waals surface area contributed by atoms with E-state index in [-0.39, 0.29) is 0 Å². The molecule has 0 radical (unpaired) electrons. The highest BCUT2D eigenvalue weighted by molar-refractivity contribution is 6.12. The molecule has 0 heterocycles. The lowest BCUT2D eigenvalue weighted by atomic mass is 11.8.